The van der Waals surface area contributed by atoms with E-state index in [2.05, 4.69) is 10.9 Å². The van der Waals surface area contributed by atoms with Gasteiger partial charge in [0.25, 0.3) is 12.3 Å². The van der Waals surface area contributed by atoms with Gasteiger partial charge in [-0.15, -0.1) is 0 Å². The largest absolute Gasteiger partial charge is 0.377 e. The Hall–Kier alpha value is -2.48. The van der Waals surface area contributed by atoms with E-state index in [4.69, 9.17) is 0 Å². The summed E-state index contributed by atoms with van der Waals surface area (Å²) in [7, 11) is 1.51. The summed E-state index contributed by atoms with van der Waals surface area (Å²) in [6.45, 7) is 1.56. The van der Waals surface area contributed by atoms with Crippen LogP contribution in [0.3, 0.4) is 0 Å². The summed E-state index contributed by atoms with van der Waals surface area (Å²) in [6, 6.07) is 2.82. The maximum atomic E-state index is 13.5. The van der Waals surface area contributed by atoms with E-state index in [-0.39, 0.29) is 35.6 Å². The number of aryl methyl sites for hydroxylation is 1. The zero-order valence-corrected chi connectivity index (χ0v) is 15.6. The van der Waals surface area contributed by atoms with Crippen LogP contribution in [0.2, 0.25) is 0 Å². The highest BCUT2D eigenvalue weighted by Crippen LogP contribution is 2.31. The Morgan fingerprint density at radius 2 is 2.03 bits per heavy atom. The van der Waals surface area contributed by atoms with Crippen LogP contribution in [0.4, 0.5) is 24.5 Å². The Morgan fingerprint density at radius 3 is 2.66 bits per heavy atom. The van der Waals surface area contributed by atoms with Crippen LogP contribution < -0.4 is 15.8 Å². The molecule has 0 spiro atoms. The van der Waals surface area contributed by atoms with Crippen molar-refractivity contribution in [3.8, 4) is 0 Å². The fourth-order valence-corrected chi connectivity index (χ4v) is 3.24. The third-order valence-corrected chi connectivity index (χ3v) is 4.63. The van der Waals surface area contributed by atoms with Gasteiger partial charge < -0.3 is 15.0 Å². The van der Waals surface area contributed by atoms with E-state index in [1.807, 2.05) is 0 Å². The van der Waals surface area contributed by atoms with Crippen molar-refractivity contribution in [1.29, 1.82) is 0 Å². The van der Waals surface area contributed by atoms with Gasteiger partial charge in [0.1, 0.15) is 17.7 Å². The van der Waals surface area contributed by atoms with Crippen LogP contribution in [0.25, 0.3) is 0 Å². The summed E-state index contributed by atoms with van der Waals surface area (Å²) in [5.41, 5.74) is 1.74. The van der Waals surface area contributed by atoms with Crippen LogP contribution in [0.1, 0.15) is 35.0 Å². The number of alkyl halides is 2. The number of aliphatic hydroxyl groups excluding tert-OH is 1. The number of halogens is 3. The lowest BCUT2D eigenvalue weighted by atomic mass is 10.1. The van der Waals surface area contributed by atoms with E-state index >= 15 is 0 Å². The smallest absolute Gasteiger partial charge is 0.272 e. The summed E-state index contributed by atoms with van der Waals surface area (Å²) >= 11 is 0. The SMILES string of the molecule is C[C@H](O)N1CCc2c(cn(C)c2C(=O)Nc2ccc(F)c(C(F)F)c2)[N+](O)(O)N1. The Labute approximate surface area is 163 Å². The number of carbonyl (C=O) groups is 1. The van der Waals surface area contributed by atoms with Gasteiger partial charge in [0.05, 0.1) is 22.2 Å². The molecule has 1 atom stereocenters. The fourth-order valence-electron chi connectivity index (χ4n) is 3.24. The molecule has 2 aromatic rings. The second kappa shape index (κ2) is 7.74. The number of aliphatic hydroxyl groups is 1. The fraction of sp³-hybridized carbons (Fsp3) is 0.353. The highest BCUT2D eigenvalue weighted by Gasteiger charge is 2.41. The number of hydrogen-bond acceptors (Lipinski definition) is 6. The van der Waals surface area contributed by atoms with Crippen molar-refractivity contribution in [1.82, 2.24) is 20.0 Å². The second-order valence-electron chi connectivity index (χ2n) is 6.72. The number of hydrazine groups is 1. The zero-order valence-electron chi connectivity index (χ0n) is 15.6. The molecule has 0 radical (unpaired) electrons. The Morgan fingerprint density at radius 1 is 1.34 bits per heavy atom. The molecule has 0 aliphatic carbocycles. The first kappa shape index (κ1) is 21.2. The molecule has 0 saturated carbocycles. The van der Waals surface area contributed by atoms with Crippen molar-refractivity contribution in [3.63, 3.8) is 0 Å². The molecule has 29 heavy (non-hydrogen) atoms. The molecular formula is C17H21F3N5O4+. The van der Waals surface area contributed by atoms with Crippen molar-refractivity contribution in [2.45, 2.75) is 26.0 Å². The molecule has 9 nitrogen and oxygen atoms in total. The molecule has 0 bridgehead atoms. The van der Waals surface area contributed by atoms with Gasteiger partial charge in [-0.25, -0.2) is 13.2 Å². The van der Waals surface area contributed by atoms with Crippen molar-refractivity contribution >= 4 is 17.3 Å². The van der Waals surface area contributed by atoms with Gasteiger partial charge >= 0.3 is 0 Å². The minimum Gasteiger partial charge on any atom is -0.377 e. The number of benzene rings is 1. The van der Waals surface area contributed by atoms with Crippen molar-refractivity contribution < 1.29 is 33.5 Å². The number of anilines is 1. The van der Waals surface area contributed by atoms with E-state index < -0.39 is 34.9 Å². The van der Waals surface area contributed by atoms with Gasteiger partial charge in [0.2, 0.25) is 5.69 Å². The predicted molar refractivity (Wildman–Crippen MR) is 95.3 cm³/mol. The molecule has 1 amide bonds. The highest BCUT2D eigenvalue weighted by molar-refractivity contribution is 6.05. The molecule has 1 aliphatic heterocycles. The molecule has 12 heteroatoms. The molecule has 2 heterocycles. The van der Waals surface area contributed by atoms with E-state index in [1.165, 1.54) is 29.7 Å². The maximum absolute atomic E-state index is 13.5. The number of fused-ring (bicyclic) bond motifs is 1. The number of quaternary nitrogens is 1. The maximum Gasteiger partial charge on any atom is 0.272 e. The third kappa shape index (κ3) is 4.12. The topological polar surface area (TPSA) is 110 Å². The number of nitrogens with zero attached hydrogens (tertiary/aromatic N) is 3. The Balaban J connectivity index is 1.94. The molecule has 1 aliphatic rings. The lowest BCUT2D eigenvalue weighted by molar-refractivity contribution is -0.360. The molecule has 0 unspecified atom stereocenters. The minimum absolute atomic E-state index is 0.0345. The van der Waals surface area contributed by atoms with Gasteiger partial charge in [-0.1, -0.05) is 0 Å². The first-order chi connectivity index (χ1) is 13.5. The van der Waals surface area contributed by atoms with Crippen LogP contribution in [0.15, 0.2) is 24.4 Å². The number of nitrogens with one attached hydrogen (secondary N) is 2. The number of hydrogen-bond donors (Lipinski definition) is 5. The lowest BCUT2D eigenvalue weighted by Gasteiger charge is -2.27. The van der Waals surface area contributed by atoms with E-state index in [0.717, 1.165) is 18.2 Å². The van der Waals surface area contributed by atoms with Gasteiger partial charge in [-0.05, 0) is 37.1 Å². The van der Waals surface area contributed by atoms with Crippen molar-refractivity contribution in [2.24, 2.45) is 7.05 Å². The number of carbonyl (C=O) groups excluding carboxylic acids is 1. The number of rotatable bonds is 4. The van der Waals surface area contributed by atoms with Crippen LogP contribution in [-0.4, -0.2) is 43.8 Å². The van der Waals surface area contributed by atoms with Gasteiger partial charge in [0, 0.05) is 19.3 Å². The first-order valence-electron chi connectivity index (χ1n) is 8.66. The van der Waals surface area contributed by atoms with Crippen LogP contribution in [0.5, 0.6) is 0 Å². The van der Waals surface area contributed by atoms with Gasteiger partial charge in [0.15, 0.2) is 0 Å². The molecular weight excluding hydrogens is 395 g/mol. The zero-order chi connectivity index (χ0) is 21.5. The normalized spacial score (nSPS) is 17.7. The Bertz CT molecular complexity index is 932. The van der Waals surface area contributed by atoms with E-state index in [1.54, 1.807) is 0 Å². The first-order valence-corrected chi connectivity index (χ1v) is 8.66. The standard InChI is InChI=1S/C17H20F3N5O4/c1-9(26)24-6-5-11-14(25(28,29)22-24)8-23(2)15(11)17(27)21-10-3-4-13(18)12(7-10)16(19)20/h3-4,7-9,16,22,26,28-29H,5-6H2,1-2H3/p+1/t9-/m0/s1. The monoisotopic (exact) mass is 416 g/mol. The highest BCUT2D eigenvalue weighted by atomic mass is 19.3. The molecule has 3 rings (SSSR count). The van der Waals surface area contributed by atoms with Crippen LogP contribution in [-0.2, 0) is 13.5 Å². The number of aromatic nitrogens is 1. The van der Waals surface area contributed by atoms with Gasteiger partial charge in [-0.2, -0.15) is 15.4 Å². The third-order valence-electron chi connectivity index (χ3n) is 4.63. The van der Waals surface area contributed by atoms with Crippen LogP contribution >= 0.6 is 0 Å². The average molecular weight is 416 g/mol. The molecule has 1 aromatic heterocycles. The summed E-state index contributed by atoms with van der Waals surface area (Å²) in [4.78, 5) is 11.0. The summed E-state index contributed by atoms with van der Waals surface area (Å²) in [5, 5.41) is 34.0. The molecule has 0 saturated heterocycles. The molecule has 0 fully saturated rings. The van der Waals surface area contributed by atoms with E-state index in [0.29, 0.717) is 0 Å². The average Bonchev–Trinajstić information content (AvgIpc) is 2.90. The predicted octanol–water partition coefficient (Wildman–Crippen LogP) is 2.06. The second-order valence-corrected chi connectivity index (χ2v) is 6.72. The summed E-state index contributed by atoms with van der Waals surface area (Å²) < 4.78 is 40.6. The minimum atomic E-state index is -3.04. The Kier molecular flexibility index (Phi) is 5.67. The van der Waals surface area contributed by atoms with Crippen LogP contribution in [0, 0.1) is 5.82 Å². The summed E-state index contributed by atoms with van der Waals surface area (Å²) in [6.07, 6.45) is -2.60. The molecule has 158 valence electrons. The molecule has 5 N–H and O–H groups in total. The van der Waals surface area contributed by atoms with Crippen molar-refractivity contribution in [3.05, 3.63) is 47.0 Å². The lowest BCUT2D eigenvalue weighted by Crippen LogP contribution is -2.62. The van der Waals surface area contributed by atoms with E-state index in [9.17, 15) is 33.5 Å². The number of amides is 1. The summed E-state index contributed by atoms with van der Waals surface area (Å²) in [5.74, 6) is -1.79. The van der Waals surface area contributed by atoms with Crippen molar-refractivity contribution in [2.75, 3.05) is 11.9 Å². The molecule has 1 aromatic carbocycles. The van der Waals surface area contributed by atoms with Gasteiger partial charge in [-0.3, -0.25) is 4.79 Å². The quantitative estimate of drug-likeness (QED) is 0.488.